The van der Waals surface area contributed by atoms with Crippen LogP contribution in [-0.4, -0.2) is 65.9 Å². The van der Waals surface area contributed by atoms with Crippen molar-refractivity contribution in [3.8, 4) is 0 Å². The first-order chi connectivity index (χ1) is 12.7. The van der Waals surface area contributed by atoms with Gasteiger partial charge < -0.3 is 19.1 Å². The molecule has 0 aliphatic carbocycles. The van der Waals surface area contributed by atoms with E-state index >= 15 is 0 Å². The highest BCUT2D eigenvalue weighted by Crippen LogP contribution is 2.21. The molecule has 0 aromatic carbocycles. The van der Waals surface area contributed by atoms with Crippen LogP contribution in [0.15, 0.2) is 41.3 Å². The molecule has 2 aliphatic heterocycles. The van der Waals surface area contributed by atoms with E-state index in [1.54, 1.807) is 28.1 Å². The van der Waals surface area contributed by atoms with Crippen LogP contribution < -0.4 is 4.90 Å². The van der Waals surface area contributed by atoms with E-state index in [0.717, 1.165) is 18.8 Å². The fourth-order valence-electron chi connectivity index (χ4n) is 3.54. The van der Waals surface area contributed by atoms with E-state index in [0.29, 0.717) is 37.5 Å². The van der Waals surface area contributed by atoms with Crippen molar-refractivity contribution in [1.29, 1.82) is 0 Å². The fraction of sp³-hybridized carbons (Fsp3) is 0.421. The number of aromatic nitrogens is 1. The third kappa shape index (κ3) is 3.29. The van der Waals surface area contributed by atoms with Crippen molar-refractivity contribution in [3.05, 3.63) is 48.2 Å². The Hall–Kier alpha value is -2.83. The second-order valence-corrected chi connectivity index (χ2v) is 6.69. The van der Waals surface area contributed by atoms with Gasteiger partial charge in [-0.3, -0.25) is 14.6 Å². The summed E-state index contributed by atoms with van der Waals surface area (Å²) in [7, 11) is 0. The van der Waals surface area contributed by atoms with Gasteiger partial charge in [-0.25, -0.2) is 0 Å². The van der Waals surface area contributed by atoms with E-state index in [1.807, 2.05) is 12.3 Å². The number of carbonyl (C=O) groups is 2. The van der Waals surface area contributed by atoms with E-state index in [4.69, 9.17) is 4.42 Å². The molecule has 0 bridgehead atoms. The highest BCUT2D eigenvalue weighted by atomic mass is 16.3. The molecule has 0 atom stereocenters. The Labute approximate surface area is 152 Å². The van der Waals surface area contributed by atoms with Gasteiger partial charge >= 0.3 is 0 Å². The number of anilines is 1. The van der Waals surface area contributed by atoms with Crippen molar-refractivity contribution in [2.75, 3.05) is 44.2 Å². The van der Waals surface area contributed by atoms with Crippen LogP contribution in [0.3, 0.4) is 0 Å². The molecule has 4 heterocycles. The highest BCUT2D eigenvalue weighted by molar-refractivity contribution is 5.95. The average Bonchev–Trinajstić information content (AvgIpc) is 3.41. The summed E-state index contributed by atoms with van der Waals surface area (Å²) in [4.78, 5) is 35.2. The summed E-state index contributed by atoms with van der Waals surface area (Å²) < 4.78 is 5.17. The van der Waals surface area contributed by atoms with Gasteiger partial charge in [0.05, 0.1) is 23.7 Å². The van der Waals surface area contributed by atoms with Crippen molar-refractivity contribution in [3.63, 3.8) is 0 Å². The third-order valence-electron chi connectivity index (χ3n) is 5.03. The molecule has 0 unspecified atom stereocenters. The molecular formula is C19H22N4O3. The lowest BCUT2D eigenvalue weighted by Crippen LogP contribution is -2.50. The van der Waals surface area contributed by atoms with Gasteiger partial charge in [0.15, 0.2) is 5.76 Å². The zero-order chi connectivity index (χ0) is 17.9. The fourth-order valence-corrected chi connectivity index (χ4v) is 3.54. The van der Waals surface area contributed by atoms with Gasteiger partial charge in [0.25, 0.3) is 11.8 Å². The molecule has 7 nitrogen and oxygen atoms in total. The Morgan fingerprint density at radius 2 is 1.62 bits per heavy atom. The molecule has 7 heteroatoms. The van der Waals surface area contributed by atoms with Gasteiger partial charge in [0, 0.05) is 45.5 Å². The quantitative estimate of drug-likeness (QED) is 0.842. The van der Waals surface area contributed by atoms with E-state index in [-0.39, 0.29) is 11.8 Å². The minimum atomic E-state index is -0.125. The molecule has 2 fully saturated rings. The first-order valence-corrected chi connectivity index (χ1v) is 9.04. The number of amides is 2. The average molecular weight is 354 g/mol. The number of furan rings is 1. The van der Waals surface area contributed by atoms with Crippen molar-refractivity contribution < 1.29 is 14.0 Å². The molecule has 4 rings (SSSR count). The normalized spacial score (nSPS) is 17.6. The zero-order valence-corrected chi connectivity index (χ0v) is 14.6. The summed E-state index contributed by atoms with van der Waals surface area (Å²) in [5.74, 6) is 0.190. The molecule has 0 radical (unpaired) electrons. The van der Waals surface area contributed by atoms with Gasteiger partial charge in [-0.05, 0) is 31.0 Å². The number of nitrogens with zero attached hydrogens (tertiary/aromatic N) is 4. The van der Waals surface area contributed by atoms with Crippen LogP contribution in [0.1, 0.15) is 33.8 Å². The highest BCUT2D eigenvalue weighted by Gasteiger charge is 2.27. The van der Waals surface area contributed by atoms with E-state index in [1.165, 1.54) is 19.1 Å². The Morgan fingerprint density at radius 3 is 2.27 bits per heavy atom. The predicted molar refractivity (Wildman–Crippen MR) is 96.2 cm³/mol. The van der Waals surface area contributed by atoms with Crippen LogP contribution in [0.4, 0.5) is 5.69 Å². The summed E-state index contributed by atoms with van der Waals surface area (Å²) in [6.45, 7) is 4.08. The van der Waals surface area contributed by atoms with Crippen LogP contribution in [0, 0.1) is 0 Å². The number of piperazine rings is 1. The predicted octanol–water partition coefficient (Wildman–Crippen LogP) is 1.87. The molecule has 26 heavy (non-hydrogen) atoms. The molecule has 0 N–H and O–H groups in total. The summed E-state index contributed by atoms with van der Waals surface area (Å²) in [6.07, 6.45) is 7.31. The van der Waals surface area contributed by atoms with Crippen molar-refractivity contribution in [1.82, 2.24) is 14.8 Å². The van der Waals surface area contributed by atoms with Gasteiger partial charge in [-0.1, -0.05) is 0 Å². The van der Waals surface area contributed by atoms with Crippen LogP contribution in [0.5, 0.6) is 0 Å². The molecule has 2 aliphatic rings. The first kappa shape index (κ1) is 16.6. The number of carbonyl (C=O) groups excluding carboxylic acids is 2. The minimum absolute atomic E-state index is 0.0244. The summed E-state index contributed by atoms with van der Waals surface area (Å²) >= 11 is 0. The lowest BCUT2D eigenvalue weighted by atomic mass is 10.2. The van der Waals surface area contributed by atoms with Crippen LogP contribution in [0.2, 0.25) is 0 Å². The molecule has 2 aromatic rings. The molecule has 0 spiro atoms. The molecule has 2 saturated heterocycles. The number of pyridine rings is 1. The van der Waals surface area contributed by atoms with Crippen LogP contribution in [0.25, 0.3) is 0 Å². The van der Waals surface area contributed by atoms with E-state index in [2.05, 4.69) is 9.88 Å². The van der Waals surface area contributed by atoms with Gasteiger partial charge in [-0.15, -0.1) is 0 Å². The van der Waals surface area contributed by atoms with E-state index in [9.17, 15) is 9.59 Å². The molecule has 2 aromatic heterocycles. The van der Waals surface area contributed by atoms with Gasteiger partial charge in [0.2, 0.25) is 0 Å². The van der Waals surface area contributed by atoms with Crippen molar-refractivity contribution in [2.45, 2.75) is 12.8 Å². The topological polar surface area (TPSA) is 69.9 Å². The standard InChI is InChI=1S/C19H22N4O3/c24-18(15-12-16(14-20-13-15)21-5-1-2-6-21)22-7-9-23(10-8-22)19(25)17-4-3-11-26-17/h3-4,11-14H,1-2,5-10H2. The minimum Gasteiger partial charge on any atom is -0.459 e. The summed E-state index contributed by atoms with van der Waals surface area (Å²) in [5.41, 5.74) is 1.63. The SMILES string of the molecule is O=C(c1cncc(N2CCCC2)c1)N1CCN(C(=O)c2ccco2)CC1. The summed E-state index contributed by atoms with van der Waals surface area (Å²) in [5, 5.41) is 0. The van der Waals surface area contributed by atoms with Crippen LogP contribution >= 0.6 is 0 Å². The first-order valence-electron chi connectivity index (χ1n) is 9.04. The molecular weight excluding hydrogens is 332 g/mol. The summed E-state index contributed by atoms with van der Waals surface area (Å²) in [6, 6.07) is 5.30. The van der Waals surface area contributed by atoms with Crippen molar-refractivity contribution >= 4 is 17.5 Å². The van der Waals surface area contributed by atoms with Gasteiger partial charge in [0.1, 0.15) is 0 Å². The number of hydrogen-bond donors (Lipinski definition) is 0. The molecule has 0 saturated carbocycles. The maximum atomic E-state index is 12.8. The maximum Gasteiger partial charge on any atom is 0.289 e. The van der Waals surface area contributed by atoms with E-state index < -0.39 is 0 Å². The second-order valence-electron chi connectivity index (χ2n) is 6.69. The number of rotatable bonds is 3. The maximum absolute atomic E-state index is 12.8. The lowest BCUT2D eigenvalue weighted by Gasteiger charge is -2.34. The van der Waals surface area contributed by atoms with Crippen LogP contribution in [-0.2, 0) is 0 Å². The monoisotopic (exact) mass is 354 g/mol. The third-order valence-corrected chi connectivity index (χ3v) is 5.03. The Balaban J connectivity index is 1.39. The number of hydrogen-bond acceptors (Lipinski definition) is 5. The smallest absolute Gasteiger partial charge is 0.289 e. The zero-order valence-electron chi connectivity index (χ0n) is 14.6. The molecule has 136 valence electrons. The second kappa shape index (κ2) is 7.19. The molecule has 2 amide bonds. The Kier molecular flexibility index (Phi) is 4.60. The van der Waals surface area contributed by atoms with Gasteiger partial charge in [-0.2, -0.15) is 0 Å². The van der Waals surface area contributed by atoms with Crippen molar-refractivity contribution in [2.24, 2.45) is 0 Å². The largest absolute Gasteiger partial charge is 0.459 e. The Bertz CT molecular complexity index is 776. The lowest BCUT2D eigenvalue weighted by molar-refractivity contribution is 0.0518. The Morgan fingerprint density at radius 1 is 0.923 bits per heavy atom.